The van der Waals surface area contributed by atoms with E-state index in [2.05, 4.69) is 37.2 Å². The predicted molar refractivity (Wildman–Crippen MR) is 76.7 cm³/mol. The molecule has 1 aromatic carbocycles. The lowest BCUT2D eigenvalue weighted by Crippen LogP contribution is -2.19. The van der Waals surface area contributed by atoms with Crippen LogP contribution in [0.5, 0.6) is 5.75 Å². The molecule has 0 heterocycles. The first-order valence-electron chi connectivity index (χ1n) is 6.67. The fourth-order valence-corrected chi connectivity index (χ4v) is 1.70. The molecular formula is C16H23NO. The third-order valence-electron chi connectivity index (χ3n) is 2.80. The Bertz CT molecular complexity index is 364. The van der Waals surface area contributed by atoms with E-state index in [0.29, 0.717) is 6.04 Å². The van der Waals surface area contributed by atoms with Gasteiger partial charge in [-0.3, -0.25) is 0 Å². The first-order valence-corrected chi connectivity index (χ1v) is 6.67. The van der Waals surface area contributed by atoms with Gasteiger partial charge in [0.15, 0.2) is 0 Å². The summed E-state index contributed by atoms with van der Waals surface area (Å²) in [5.74, 6) is 3.60. The minimum Gasteiger partial charge on any atom is -0.494 e. The van der Waals surface area contributed by atoms with Gasteiger partial charge < -0.3 is 10.1 Å². The van der Waals surface area contributed by atoms with Crippen molar-refractivity contribution in [1.82, 2.24) is 5.32 Å². The Morgan fingerprint density at radius 1 is 1.33 bits per heavy atom. The van der Waals surface area contributed by atoms with E-state index in [1.807, 2.05) is 12.1 Å². The molecule has 2 heteroatoms. The van der Waals surface area contributed by atoms with Gasteiger partial charge in [-0.05, 0) is 44.0 Å². The summed E-state index contributed by atoms with van der Waals surface area (Å²) in [6.45, 7) is 6.01. The Morgan fingerprint density at radius 2 is 2.06 bits per heavy atom. The van der Waals surface area contributed by atoms with Gasteiger partial charge in [-0.2, -0.15) is 0 Å². The third-order valence-corrected chi connectivity index (χ3v) is 2.80. The molecule has 0 aliphatic carbocycles. The number of hydrogen-bond acceptors (Lipinski definition) is 2. The van der Waals surface area contributed by atoms with Crippen molar-refractivity contribution in [3.8, 4) is 18.1 Å². The largest absolute Gasteiger partial charge is 0.494 e. The Kier molecular flexibility index (Phi) is 6.98. The first kappa shape index (κ1) is 14.6. The lowest BCUT2D eigenvalue weighted by atomic mass is 10.1. The van der Waals surface area contributed by atoms with Gasteiger partial charge >= 0.3 is 0 Å². The summed E-state index contributed by atoms with van der Waals surface area (Å²) in [5.41, 5.74) is 1.28. The molecule has 1 aromatic rings. The monoisotopic (exact) mass is 245 g/mol. The Morgan fingerprint density at radius 3 is 2.67 bits per heavy atom. The molecule has 1 rings (SSSR count). The number of ether oxygens (including phenoxy) is 1. The molecule has 0 radical (unpaired) electrons. The molecule has 0 bridgehead atoms. The van der Waals surface area contributed by atoms with Crippen molar-refractivity contribution >= 4 is 0 Å². The van der Waals surface area contributed by atoms with E-state index in [0.717, 1.165) is 38.2 Å². The summed E-state index contributed by atoms with van der Waals surface area (Å²) in [6, 6.07) is 8.64. The highest BCUT2D eigenvalue weighted by atomic mass is 16.5. The maximum absolute atomic E-state index is 5.56. The molecule has 0 aromatic heterocycles. The molecule has 0 fully saturated rings. The predicted octanol–water partition coefficient (Wildman–Crippen LogP) is 3.54. The zero-order chi connectivity index (χ0) is 13.2. The standard InChI is InChI=1S/C16H23NO/c1-4-6-7-12-17-14(3)15-8-10-16(11-9-15)18-13-5-2/h1,8-11,14,17H,5-7,12-13H2,2-3H3. The van der Waals surface area contributed by atoms with Gasteiger partial charge in [0.2, 0.25) is 0 Å². The zero-order valence-corrected chi connectivity index (χ0v) is 11.4. The summed E-state index contributed by atoms with van der Waals surface area (Å²) in [5, 5.41) is 3.46. The van der Waals surface area contributed by atoms with E-state index in [9.17, 15) is 0 Å². The van der Waals surface area contributed by atoms with Crippen molar-refractivity contribution in [2.24, 2.45) is 0 Å². The Balaban J connectivity index is 2.39. The highest BCUT2D eigenvalue weighted by molar-refractivity contribution is 5.28. The zero-order valence-electron chi connectivity index (χ0n) is 11.4. The summed E-state index contributed by atoms with van der Waals surface area (Å²) in [6.07, 6.45) is 8.12. The van der Waals surface area contributed by atoms with Gasteiger partial charge in [0.05, 0.1) is 6.61 Å². The molecule has 0 aliphatic heterocycles. The molecular weight excluding hydrogens is 222 g/mol. The molecule has 18 heavy (non-hydrogen) atoms. The number of terminal acetylenes is 1. The summed E-state index contributed by atoms with van der Waals surface area (Å²) >= 11 is 0. The van der Waals surface area contributed by atoms with E-state index in [-0.39, 0.29) is 0 Å². The number of rotatable bonds is 8. The fraction of sp³-hybridized carbons (Fsp3) is 0.500. The molecule has 1 N–H and O–H groups in total. The van der Waals surface area contributed by atoms with Gasteiger partial charge in [0.1, 0.15) is 5.75 Å². The maximum Gasteiger partial charge on any atom is 0.119 e. The maximum atomic E-state index is 5.56. The van der Waals surface area contributed by atoms with E-state index < -0.39 is 0 Å². The van der Waals surface area contributed by atoms with E-state index in [1.165, 1.54) is 5.56 Å². The number of hydrogen-bond donors (Lipinski definition) is 1. The van der Waals surface area contributed by atoms with Crippen LogP contribution in [0.1, 0.15) is 44.7 Å². The summed E-state index contributed by atoms with van der Waals surface area (Å²) in [7, 11) is 0. The van der Waals surface area contributed by atoms with Crippen LogP contribution < -0.4 is 10.1 Å². The van der Waals surface area contributed by atoms with Gasteiger partial charge in [0, 0.05) is 12.5 Å². The van der Waals surface area contributed by atoms with Crippen LogP contribution in [0, 0.1) is 12.3 Å². The molecule has 1 unspecified atom stereocenters. The van der Waals surface area contributed by atoms with Crippen molar-refractivity contribution in [1.29, 1.82) is 0 Å². The van der Waals surface area contributed by atoms with Gasteiger partial charge in [-0.15, -0.1) is 12.3 Å². The van der Waals surface area contributed by atoms with Crippen LogP contribution in [0.15, 0.2) is 24.3 Å². The third kappa shape index (κ3) is 5.25. The minimum atomic E-state index is 0.350. The molecule has 2 nitrogen and oxygen atoms in total. The Hall–Kier alpha value is -1.46. The SMILES string of the molecule is C#CCCCNC(C)c1ccc(OCCC)cc1. The summed E-state index contributed by atoms with van der Waals surface area (Å²) < 4.78 is 5.56. The average molecular weight is 245 g/mol. The second-order valence-electron chi connectivity index (χ2n) is 4.40. The Labute approximate surface area is 111 Å². The lowest BCUT2D eigenvalue weighted by molar-refractivity contribution is 0.317. The molecule has 98 valence electrons. The molecule has 0 saturated heterocycles. The fourth-order valence-electron chi connectivity index (χ4n) is 1.70. The molecule has 0 saturated carbocycles. The van der Waals surface area contributed by atoms with Crippen LogP contribution >= 0.6 is 0 Å². The highest BCUT2D eigenvalue weighted by Gasteiger charge is 2.04. The van der Waals surface area contributed by atoms with E-state index >= 15 is 0 Å². The second kappa shape index (κ2) is 8.60. The number of unbranched alkanes of at least 4 members (excludes halogenated alkanes) is 1. The normalized spacial score (nSPS) is 11.8. The first-order chi connectivity index (χ1) is 8.77. The van der Waals surface area contributed by atoms with Gasteiger partial charge in [-0.25, -0.2) is 0 Å². The number of nitrogens with one attached hydrogen (secondary N) is 1. The van der Waals surface area contributed by atoms with Crippen LogP contribution in [-0.4, -0.2) is 13.2 Å². The molecule has 0 aliphatic rings. The van der Waals surface area contributed by atoms with E-state index in [1.54, 1.807) is 0 Å². The van der Waals surface area contributed by atoms with Crippen molar-refractivity contribution < 1.29 is 4.74 Å². The van der Waals surface area contributed by atoms with Crippen molar-refractivity contribution in [3.05, 3.63) is 29.8 Å². The van der Waals surface area contributed by atoms with E-state index in [4.69, 9.17) is 11.2 Å². The van der Waals surface area contributed by atoms with Crippen LogP contribution in [0.4, 0.5) is 0 Å². The second-order valence-corrected chi connectivity index (χ2v) is 4.40. The van der Waals surface area contributed by atoms with Crippen LogP contribution in [0.3, 0.4) is 0 Å². The number of benzene rings is 1. The highest BCUT2D eigenvalue weighted by Crippen LogP contribution is 2.17. The van der Waals surface area contributed by atoms with Gasteiger partial charge in [-0.1, -0.05) is 19.1 Å². The van der Waals surface area contributed by atoms with Crippen LogP contribution in [0.25, 0.3) is 0 Å². The average Bonchev–Trinajstić information content (AvgIpc) is 2.41. The van der Waals surface area contributed by atoms with Crippen molar-refractivity contribution in [2.75, 3.05) is 13.2 Å². The van der Waals surface area contributed by atoms with Gasteiger partial charge in [0.25, 0.3) is 0 Å². The molecule has 0 spiro atoms. The quantitative estimate of drug-likeness (QED) is 0.559. The molecule has 0 amide bonds. The van der Waals surface area contributed by atoms with Crippen molar-refractivity contribution in [2.45, 2.75) is 39.2 Å². The van der Waals surface area contributed by atoms with Crippen LogP contribution in [0.2, 0.25) is 0 Å². The topological polar surface area (TPSA) is 21.3 Å². The lowest BCUT2D eigenvalue weighted by Gasteiger charge is -2.14. The molecule has 1 atom stereocenters. The van der Waals surface area contributed by atoms with Crippen LogP contribution in [-0.2, 0) is 0 Å². The summed E-state index contributed by atoms with van der Waals surface area (Å²) in [4.78, 5) is 0. The smallest absolute Gasteiger partial charge is 0.119 e. The van der Waals surface area contributed by atoms with Crippen molar-refractivity contribution in [3.63, 3.8) is 0 Å². The minimum absolute atomic E-state index is 0.350.